The maximum absolute atomic E-state index is 12.5. The van der Waals surface area contributed by atoms with Crippen molar-refractivity contribution in [1.82, 2.24) is 19.4 Å². The van der Waals surface area contributed by atoms with E-state index in [2.05, 4.69) is 9.97 Å². The number of methoxy groups -OCH3 is 1. The number of aryl methyl sites for hydroxylation is 1. The highest BCUT2D eigenvalue weighted by Crippen LogP contribution is 2.15. The Morgan fingerprint density at radius 1 is 1.19 bits per heavy atom. The van der Waals surface area contributed by atoms with Crippen LogP contribution < -0.4 is 15.2 Å². The van der Waals surface area contributed by atoms with Crippen molar-refractivity contribution in [3.8, 4) is 5.88 Å². The van der Waals surface area contributed by atoms with Gasteiger partial charge in [-0.25, -0.2) is 4.98 Å². The molecule has 0 radical (unpaired) electrons. The molecule has 0 aromatic carbocycles. The van der Waals surface area contributed by atoms with Crippen LogP contribution in [0, 0.1) is 6.92 Å². The smallest absolute Gasteiger partial charge is 0.250 e. The van der Waals surface area contributed by atoms with Gasteiger partial charge in [0.1, 0.15) is 0 Å². The van der Waals surface area contributed by atoms with Gasteiger partial charge in [-0.1, -0.05) is 6.07 Å². The first kappa shape index (κ1) is 17.9. The lowest BCUT2D eigenvalue weighted by molar-refractivity contribution is -0.131. The predicted molar refractivity (Wildman–Crippen MR) is 97.4 cm³/mol. The van der Waals surface area contributed by atoms with Gasteiger partial charge in [0.15, 0.2) is 0 Å². The van der Waals surface area contributed by atoms with Crippen molar-refractivity contribution >= 4 is 11.9 Å². The van der Waals surface area contributed by atoms with E-state index in [0.717, 1.165) is 5.69 Å². The van der Waals surface area contributed by atoms with Crippen LogP contribution in [0.2, 0.25) is 0 Å². The molecule has 0 spiro atoms. The molecule has 26 heavy (non-hydrogen) atoms. The number of rotatable bonds is 5. The topological polar surface area (TPSA) is 80.6 Å². The Balaban J connectivity index is 1.54. The zero-order chi connectivity index (χ0) is 18.5. The molecule has 8 nitrogen and oxygen atoms in total. The fourth-order valence-corrected chi connectivity index (χ4v) is 3.03. The second kappa shape index (κ2) is 7.99. The zero-order valence-electron chi connectivity index (χ0n) is 15.1. The molecule has 1 amide bonds. The molecule has 0 saturated carbocycles. The number of amides is 1. The minimum absolute atomic E-state index is 0.0614. The quantitative estimate of drug-likeness (QED) is 0.783. The van der Waals surface area contributed by atoms with Gasteiger partial charge in [0.25, 0.3) is 5.56 Å². The summed E-state index contributed by atoms with van der Waals surface area (Å²) in [7, 11) is 1.57. The summed E-state index contributed by atoms with van der Waals surface area (Å²) in [6.45, 7) is 4.85. The molecular formula is C18H23N5O3. The number of pyridine rings is 1. The molecule has 138 valence electrons. The van der Waals surface area contributed by atoms with Crippen LogP contribution in [0.4, 0.5) is 5.95 Å². The van der Waals surface area contributed by atoms with E-state index >= 15 is 0 Å². The average molecular weight is 357 g/mol. The number of hydrogen-bond acceptors (Lipinski definition) is 6. The summed E-state index contributed by atoms with van der Waals surface area (Å²) >= 11 is 0. The van der Waals surface area contributed by atoms with E-state index in [4.69, 9.17) is 4.74 Å². The van der Waals surface area contributed by atoms with Crippen molar-refractivity contribution in [2.45, 2.75) is 19.9 Å². The summed E-state index contributed by atoms with van der Waals surface area (Å²) in [4.78, 5) is 36.8. The number of ether oxygens (including phenoxy) is 1. The minimum atomic E-state index is -0.0715. The van der Waals surface area contributed by atoms with E-state index in [-0.39, 0.29) is 11.5 Å². The number of carbonyl (C=O) groups excluding carboxylic acids is 1. The Morgan fingerprint density at radius 2 is 1.96 bits per heavy atom. The summed E-state index contributed by atoms with van der Waals surface area (Å²) in [5.41, 5.74) is 0.795. The number of carbonyl (C=O) groups is 1. The standard InChI is InChI=1S/C18H23N5O3/c1-14-4-3-5-17(25)23(14)9-7-16(24)21-10-12-22(13-11-21)18-19-8-6-15(20-18)26-2/h3-6,8H,7,9-13H2,1-2H3. The van der Waals surface area contributed by atoms with Gasteiger partial charge in [-0.2, -0.15) is 4.98 Å². The molecule has 0 bridgehead atoms. The van der Waals surface area contributed by atoms with Gasteiger partial charge < -0.3 is 19.1 Å². The second-order valence-electron chi connectivity index (χ2n) is 6.17. The molecule has 2 aromatic heterocycles. The highest BCUT2D eigenvalue weighted by molar-refractivity contribution is 5.76. The summed E-state index contributed by atoms with van der Waals surface area (Å²) < 4.78 is 6.77. The Bertz CT molecular complexity index is 828. The van der Waals surface area contributed by atoms with E-state index in [1.807, 2.05) is 22.8 Å². The average Bonchev–Trinajstić information content (AvgIpc) is 2.67. The SMILES string of the molecule is COc1ccnc(N2CCN(C(=O)CCn3c(C)cccc3=O)CC2)n1. The molecule has 0 N–H and O–H groups in total. The normalized spacial score (nSPS) is 14.4. The van der Waals surface area contributed by atoms with Gasteiger partial charge in [0.05, 0.1) is 7.11 Å². The fraction of sp³-hybridized carbons (Fsp3) is 0.444. The van der Waals surface area contributed by atoms with Crippen LogP contribution in [0.5, 0.6) is 5.88 Å². The monoisotopic (exact) mass is 357 g/mol. The lowest BCUT2D eigenvalue weighted by Gasteiger charge is -2.34. The number of aromatic nitrogens is 3. The van der Waals surface area contributed by atoms with Crippen molar-refractivity contribution in [3.05, 3.63) is 46.5 Å². The third kappa shape index (κ3) is 4.01. The van der Waals surface area contributed by atoms with Crippen LogP contribution in [0.3, 0.4) is 0 Å². The molecule has 1 fully saturated rings. The third-order valence-electron chi connectivity index (χ3n) is 4.56. The van der Waals surface area contributed by atoms with Gasteiger partial charge in [0, 0.05) is 63.2 Å². The molecule has 0 atom stereocenters. The maximum atomic E-state index is 12.5. The number of anilines is 1. The van der Waals surface area contributed by atoms with E-state index in [9.17, 15) is 9.59 Å². The van der Waals surface area contributed by atoms with Gasteiger partial charge in [-0.15, -0.1) is 0 Å². The first-order valence-corrected chi connectivity index (χ1v) is 8.64. The van der Waals surface area contributed by atoms with E-state index in [1.165, 1.54) is 6.07 Å². The van der Waals surface area contributed by atoms with Crippen molar-refractivity contribution in [1.29, 1.82) is 0 Å². The fourth-order valence-electron chi connectivity index (χ4n) is 3.03. The summed E-state index contributed by atoms with van der Waals surface area (Å²) in [5, 5.41) is 0. The van der Waals surface area contributed by atoms with Crippen molar-refractivity contribution < 1.29 is 9.53 Å². The number of piperazine rings is 1. The Kier molecular flexibility index (Phi) is 5.50. The Hall–Kier alpha value is -2.90. The highest BCUT2D eigenvalue weighted by Gasteiger charge is 2.22. The third-order valence-corrected chi connectivity index (χ3v) is 4.56. The van der Waals surface area contributed by atoms with Crippen LogP contribution in [0.1, 0.15) is 12.1 Å². The molecular weight excluding hydrogens is 334 g/mol. The molecule has 1 saturated heterocycles. The number of nitrogens with zero attached hydrogens (tertiary/aromatic N) is 5. The molecule has 8 heteroatoms. The minimum Gasteiger partial charge on any atom is -0.481 e. The van der Waals surface area contributed by atoms with Crippen molar-refractivity contribution in [2.75, 3.05) is 38.2 Å². The highest BCUT2D eigenvalue weighted by atomic mass is 16.5. The van der Waals surface area contributed by atoms with E-state index < -0.39 is 0 Å². The molecule has 1 aliphatic heterocycles. The Labute approximate surface area is 152 Å². The van der Waals surface area contributed by atoms with Gasteiger partial charge in [-0.05, 0) is 13.0 Å². The molecule has 0 unspecified atom stereocenters. The van der Waals surface area contributed by atoms with Crippen molar-refractivity contribution in [3.63, 3.8) is 0 Å². The lowest BCUT2D eigenvalue weighted by atomic mass is 10.2. The summed E-state index contributed by atoms with van der Waals surface area (Å²) in [6.07, 6.45) is 1.99. The molecule has 2 aromatic rings. The zero-order valence-corrected chi connectivity index (χ0v) is 15.1. The maximum Gasteiger partial charge on any atom is 0.250 e. The first-order valence-electron chi connectivity index (χ1n) is 8.64. The first-order chi connectivity index (χ1) is 12.6. The molecule has 3 rings (SSSR count). The molecule has 0 aliphatic carbocycles. The lowest BCUT2D eigenvalue weighted by Crippen LogP contribution is -2.49. The predicted octanol–water partition coefficient (Wildman–Crippen LogP) is 0.694. The summed E-state index contributed by atoms with van der Waals surface area (Å²) in [5.74, 6) is 1.20. The van der Waals surface area contributed by atoms with E-state index in [0.29, 0.717) is 51.0 Å². The molecule has 1 aliphatic rings. The summed E-state index contributed by atoms with van der Waals surface area (Å²) in [6, 6.07) is 6.83. The van der Waals surface area contributed by atoms with Gasteiger partial charge in [0.2, 0.25) is 17.7 Å². The second-order valence-corrected chi connectivity index (χ2v) is 6.17. The van der Waals surface area contributed by atoms with Crippen LogP contribution in [-0.2, 0) is 11.3 Å². The van der Waals surface area contributed by atoms with Crippen LogP contribution >= 0.6 is 0 Å². The van der Waals surface area contributed by atoms with Crippen molar-refractivity contribution in [2.24, 2.45) is 0 Å². The van der Waals surface area contributed by atoms with Gasteiger partial charge in [-0.3, -0.25) is 9.59 Å². The largest absolute Gasteiger partial charge is 0.481 e. The number of hydrogen-bond donors (Lipinski definition) is 0. The van der Waals surface area contributed by atoms with Crippen LogP contribution in [0.15, 0.2) is 35.3 Å². The Morgan fingerprint density at radius 3 is 2.65 bits per heavy atom. The molecule has 3 heterocycles. The van der Waals surface area contributed by atoms with E-state index in [1.54, 1.807) is 30.0 Å². The van der Waals surface area contributed by atoms with Crippen LogP contribution in [0.25, 0.3) is 0 Å². The van der Waals surface area contributed by atoms with Gasteiger partial charge >= 0.3 is 0 Å². The van der Waals surface area contributed by atoms with Crippen LogP contribution in [-0.4, -0.2) is 58.6 Å².